The second-order valence-electron chi connectivity index (χ2n) is 3.41. The Morgan fingerprint density at radius 2 is 1.78 bits per heavy atom. The van der Waals surface area contributed by atoms with Crippen molar-refractivity contribution in [2.75, 3.05) is 13.0 Å². The predicted octanol–water partition coefficient (Wildman–Crippen LogP) is 1.84. The van der Waals surface area contributed by atoms with Crippen LogP contribution < -0.4 is 0 Å². The van der Waals surface area contributed by atoms with Gasteiger partial charge in [0.2, 0.25) is 0 Å². The maximum absolute atomic E-state index is 8.87. The fraction of sp³-hybridized carbons (Fsp3) is 1.00. The topological polar surface area (TPSA) is 20.2 Å². The zero-order valence-corrected chi connectivity index (χ0v) is 8.22. The number of aliphatic hydroxyl groups excluding tert-OH is 1. The molecule has 0 aromatic heterocycles. The Bertz CT molecular complexity index is 136. The monoisotopic (exact) mass is 166 g/mol. The van der Waals surface area contributed by atoms with Gasteiger partial charge < -0.3 is 5.11 Å². The van der Waals surface area contributed by atoms with Crippen LogP contribution in [0.25, 0.3) is 0 Å². The summed E-state index contributed by atoms with van der Waals surface area (Å²) in [5.41, 5.74) is 0. The van der Waals surface area contributed by atoms with Gasteiger partial charge in [-0.05, 0) is 17.9 Å². The van der Waals surface area contributed by atoms with E-state index in [1.54, 1.807) is 0 Å². The first-order valence-electron chi connectivity index (χ1n) is 2.99. The maximum Gasteiger partial charge on any atom is 0.0719 e. The van der Waals surface area contributed by atoms with Gasteiger partial charge in [-0.3, -0.25) is 0 Å². The molecule has 0 rings (SSSR count). The second-order valence-corrected chi connectivity index (χ2v) is 9.66. The average Bonchev–Trinajstić information content (AvgIpc) is 1.64. The summed E-state index contributed by atoms with van der Waals surface area (Å²) in [6, 6.07) is -1.47. The minimum Gasteiger partial charge on any atom is -0.391 e. The van der Waals surface area contributed by atoms with Gasteiger partial charge in [0, 0.05) is 0 Å². The quantitative estimate of drug-likeness (QED) is 0.600. The number of hydrogen-bond donors (Lipinski definition) is 1. The second kappa shape index (κ2) is 2.69. The molecule has 56 valence electrons. The molecular formula is C6H15OPS. The standard InChI is InChI=1S/C6H15OPS/c1-6(2,3)8(4,9)5-7/h7H,5H2,1-4H3. The van der Waals surface area contributed by atoms with Gasteiger partial charge in [-0.1, -0.05) is 32.6 Å². The van der Waals surface area contributed by atoms with E-state index in [4.69, 9.17) is 16.9 Å². The van der Waals surface area contributed by atoms with Gasteiger partial charge in [-0.25, -0.2) is 0 Å². The summed E-state index contributed by atoms with van der Waals surface area (Å²) in [5, 5.41) is 9.00. The molecule has 0 saturated carbocycles. The molecule has 1 unspecified atom stereocenters. The summed E-state index contributed by atoms with van der Waals surface area (Å²) in [4.78, 5) is 0. The lowest BCUT2D eigenvalue weighted by Gasteiger charge is -2.29. The first-order valence-corrected chi connectivity index (χ1v) is 6.42. The smallest absolute Gasteiger partial charge is 0.0719 e. The normalized spacial score (nSPS) is 19.2. The molecule has 0 radical (unpaired) electrons. The van der Waals surface area contributed by atoms with E-state index in [9.17, 15) is 0 Å². The first kappa shape index (κ1) is 9.61. The third kappa shape index (κ3) is 2.37. The summed E-state index contributed by atoms with van der Waals surface area (Å²) in [6.07, 6.45) is 0.186. The van der Waals surface area contributed by atoms with Gasteiger partial charge >= 0.3 is 0 Å². The Hall–Kier alpha value is 0.610. The SMILES string of the molecule is CC(C)(C)P(C)(=S)CO. The molecule has 0 saturated heterocycles. The summed E-state index contributed by atoms with van der Waals surface area (Å²) in [6.45, 7) is 8.26. The van der Waals surface area contributed by atoms with Crippen LogP contribution in [0.4, 0.5) is 0 Å². The molecule has 0 aliphatic heterocycles. The maximum atomic E-state index is 8.87. The van der Waals surface area contributed by atoms with Gasteiger partial charge in [0.05, 0.1) is 6.35 Å². The van der Waals surface area contributed by atoms with E-state index in [0.717, 1.165) is 0 Å². The highest BCUT2D eigenvalue weighted by Gasteiger charge is 2.25. The molecule has 0 aromatic rings. The van der Waals surface area contributed by atoms with Crippen LogP contribution in [0.2, 0.25) is 0 Å². The van der Waals surface area contributed by atoms with Crippen molar-refractivity contribution in [1.82, 2.24) is 0 Å². The van der Waals surface area contributed by atoms with Crippen LogP contribution in [0.5, 0.6) is 0 Å². The number of rotatable bonds is 1. The number of aliphatic hydroxyl groups is 1. The summed E-state index contributed by atoms with van der Waals surface area (Å²) < 4.78 is 0. The van der Waals surface area contributed by atoms with Crippen LogP contribution in [0.15, 0.2) is 0 Å². The average molecular weight is 166 g/mol. The largest absolute Gasteiger partial charge is 0.391 e. The Balaban J connectivity index is 4.35. The van der Waals surface area contributed by atoms with E-state index in [2.05, 4.69) is 20.8 Å². The molecule has 3 heteroatoms. The van der Waals surface area contributed by atoms with E-state index in [1.165, 1.54) is 0 Å². The fourth-order valence-corrected chi connectivity index (χ4v) is 0.636. The highest BCUT2D eigenvalue weighted by Crippen LogP contribution is 2.53. The Morgan fingerprint density at radius 3 is 1.78 bits per heavy atom. The lowest BCUT2D eigenvalue weighted by Crippen LogP contribution is -2.15. The molecule has 0 aliphatic rings. The van der Waals surface area contributed by atoms with Crippen molar-refractivity contribution in [3.8, 4) is 0 Å². The minimum atomic E-state index is -1.47. The third-order valence-electron chi connectivity index (χ3n) is 1.69. The molecule has 0 fully saturated rings. The van der Waals surface area contributed by atoms with Crippen LogP contribution in [0.1, 0.15) is 20.8 Å². The summed E-state index contributed by atoms with van der Waals surface area (Å²) in [5.74, 6) is 0. The Morgan fingerprint density at radius 1 is 1.44 bits per heavy atom. The lowest BCUT2D eigenvalue weighted by molar-refractivity contribution is 0.367. The van der Waals surface area contributed by atoms with Gasteiger partial charge in [0.25, 0.3) is 0 Å². The fourth-order valence-electron chi connectivity index (χ4n) is 0.212. The zero-order valence-electron chi connectivity index (χ0n) is 6.51. The molecule has 1 N–H and O–H groups in total. The molecule has 0 heterocycles. The highest BCUT2D eigenvalue weighted by molar-refractivity contribution is 8.14. The third-order valence-corrected chi connectivity index (χ3v) is 7.06. The van der Waals surface area contributed by atoms with E-state index in [1.807, 2.05) is 6.66 Å². The molecule has 1 nitrogen and oxygen atoms in total. The molecule has 9 heavy (non-hydrogen) atoms. The first-order chi connectivity index (χ1) is 3.81. The Labute approximate surface area is 62.5 Å². The van der Waals surface area contributed by atoms with Crippen molar-refractivity contribution in [1.29, 1.82) is 0 Å². The molecule has 1 atom stereocenters. The van der Waals surface area contributed by atoms with E-state index < -0.39 is 6.04 Å². The van der Waals surface area contributed by atoms with Crippen molar-refractivity contribution in [3.05, 3.63) is 0 Å². The lowest BCUT2D eigenvalue weighted by atomic mass is 10.3. The van der Waals surface area contributed by atoms with Gasteiger partial charge in [-0.15, -0.1) is 0 Å². The predicted molar refractivity (Wildman–Crippen MR) is 47.0 cm³/mol. The molecule has 0 aliphatic carbocycles. The highest BCUT2D eigenvalue weighted by atomic mass is 32.4. The van der Waals surface area contributed by atoms with Crippen LogP contribution in [-0.4, -0.2) is 23.3 Å². The molecular weight excluding hydrogens is 151 g/mol. The van der Waals surface area contributed by atoms with E-state index in [0.29, 0.717) is 0 Å². The molecule has 0 spiro atoms. The summed E-state index contributed by atoms with van der Waals surface area (Å²) >= 11 is 5.24. The Kier molecular flexibility index (Phi) is 2.87. The van der Waals surface area contributed by atoms with Crippen molar-refractivity contribution >= 4 is 17.8 Å². The van der Waals surface area contributed by atoms with Crippen LogP contribution in [0.3, 0.4) is 0 Å². The molecule has 0 amide bonds. The zero-order chi connectivity index (χ0) is 7.71. The van der Waals surface area contributed by atoms with Crippen LogP contribution in [-0.2, 0) is 11.8 Å². The molecule has 0 bridgehead atoms. The van der Waals surface area contributed by atoms with Crippen molar-refractivity contribution in [3.63, 3.8) is 0 Å². The molecule has 0 aromatic carbocycles. The van der Waals surface area contributed by atoms with Crippen LogP contribution in [0, 0.1) is 0 Å². The van der Waals surface area contributed by atoms with Gasteiger partial charge in [0.15, 0.2) is 0 Å². The number of hydrogen-bond acceptors (Lipinski definition) is 2. The van der Waals surface area contributed by atoms with Gasteiger partial charge in [-0.2, -0.15) is 0 Å². The summed E-state index contributed by atoms with van der Waals surface area (Å²) in [7, 11) is 0. The van der Waals surface area contributed by atoms with Crippen LogP contribution >= 0.6 is 6.04 Å². The van der Waals surface area contributed by atoms with E-state index in [-0.39, 0.29) is 11.5 Å². The van der Waals surface area contributed by atoms with Crippen molar-refractivity contribution < 1.29 is 5.11 Å². The van der Waals surface area contributed by atoms with Crippen molar-refractivity contribution in [2.24, 2.45) is 0 Å². The van der Waals surface area contributed by atoms with E-state index >= 15 is 0 Å². The van der Waals surface area contributed by atoms with Crippen molar-refractivity contribution in [2.45, 2.75) is 25.9 Å². The van der Waals surface area contributed by atoms with Gasteiger partial charge in [0.1, 0.15) is 0 Å². The minimum absolute atomic E-state index is 0.122.